The van der Waals surface area contributed by atoms with Crippen LogP contribution in [-0.2, 0) is 6.54 Å². The van der Waals surface area contributed by atoms with E-state index in [-0.39, 0.29) is 17.2 Å². The molecule has 1 amide bonds. The van der Waals surface area contributed by atoms with Crippen molar-refractivity contribution in [3.05, 3.63) is 88.3 Å². The molecule has 3 rings (SSSR count). The number of amides is 1. The van der Waals surface area contributed by atoms with Gasteiger partial charge in [0.05, 0.1) is 0 Å². The number of nitrogens with one attached hydrogen (secondary N) is 2. The monoisotopic (exact) mass is 321 g/mol. The van der Waals surface area contributed by atoms with E-state index in [1.807, 2.05) is 54.6 Å². The molecule has 0 aliphatic heterocycles. The molecule has 1 aromatic heterocycles. The van der Waals surface area contributed by atoms with E-state index >= 15 is 0 Å². The molecule has 0 fully saturated rings. The van der Waals surface area contributed by atoms with Gasteiger partial charge in [0.2, 0.25) is 0 Å². The van der Waals surface area contributed by atoms with Gasteiger partial charge in [0.15, 0.2) is 0 Å². The number of hydrogen-bond donors (Lipinski definition) is 2. The van der Waals surface area contributed by atoms with E-state index in [9.17, 15) is 9.59 Å². The number of aromatic nitrogens is 2. The van der Waals surface area contributed by atoms with Gasteiger partial charge in [-0.25, -0.2) is 5.10 Å². The molecule has 120 valence electrons. The van der Waals surface area contributed by atoms with E-state index < -0.39 is 0 Å². The smallest absolute Gasteiger partial charge is 0.271 e. The molecule has 0 radical (unpaired) electrons. The fraction of sp³-hybridized carbons (Fsp3) is 0.0556. The predicted octanol–water partition coefficient (Wildman–Crippen LogP) is 2.49. The number of H-pyrrole nitrogens is 1. The molecule has 6 heteroatoms. The first kappa shape index (κ1) is 15.5. The quantitative estimate of drug-likeness (QED) is 0.756. The SMILES string of the molecule is O=C(NCc1cccc(Oc2ccccc2)c1)c1ccc(=O)[nH]n1. The predicted molar refractivity (Wildman–Crippen MR) is 89.0 cm³/mol. The number of aromatic amines is 1. The second-order valence-electron chi connectivity index (χ2n) is 5.05. The Bertz CT molecular complexity index is 871. The van der Waals surface area contributed by atoms with Crippen LogP contribution >= 0.6 is 0 Å². The van der Waals surface area contributed by atoms with Crippen molar-refractivity contribution >= 4 is 5.91 Å². The minimum Gasteiger partial charge on any atom is -0.457 e. The summed E-state index contributed by atoms with van der Waals surface area (Å²) < 4.78 is 5.76. The first-order chi connectivity index (χ1) is 11.7. The van der Waals surface area contributed by atoms with Gasteiger partial charge >= 0.3 is 0 Å². The lowest BCUT2D eigenvalue weighted by Crippen LogP contribution is -2.25. The van der Waals surface area contributed by atoms with Gasteiger partial charge in [0.1, 0.15) is 17.2 Å². The van der Waals surface area contributed by atoms with Crippen molar-refractivity contribution in [2.24, 2.45) is 0 Å². The molecule has 3 aromatic rings. The summed E-state index contributed by atoms with van der Waals surface area (Å²) in [7, 11) is 0. The van der Waals surface area contributed by atoms with Gasteiger partial charge in [-0.1, -0.05) is 30.3 Å². The number of hydrogen-bond acceptors (Lipinski definition) is 4. The summed E-state index contributed by atoms with van der Waals surface area (Å²) in [6, 6.07) is 19.6. The normalized spacial score (nSPS) is 10.2. The van der Waals surface area contributed by atoms with Crippen LogP contribution in [0.2, 0.25) is 0 Å². The van der Waals surface area contributed by atoms with Crippen LogP contribution in [0.1, 0.15) is 16.1 Å². The average Bonchev–Trinajstić information content (AvgIpc) is 2.61. The molecular formula is C18H15N3O3. The Morgan fingerprint density at radius 2 is 1.79 bits per heavy atom. The van der Waals surface area contributed by atoms with E-state index in [1.165, 1.54) is 12.1 Å². The molecule has 0 bridgehead atoms. The molecule has 2 aromatic carbocycles. The molecule has 24 heavy (non-hydrogen) atoms. The molecule has 0 aliphatic carbocycles. The average molecular weight is 321 g/mol. The van der Waals surface area contributed by atoms with Crippen LogP contribution in [-0.4, -0.2) is 16.1 Å². The van der Waals surface area contributed by atoms with Crippen molar-refractivity contribution in [1.29, 1.82) is 0 Å². The highest BCUT2D eigenvalue weighted by Crippen LogP contribution is 2.21. The van der Waals surface area contributed by atoms with Gasteiger partial charge in [0, 0.05) is 12.6 Å². The van der Waals surface area contributed by atoms with Crippen LogP contribution in [0.3, 0.4) is 0 Å². The summed E-state index contributed by atoms with van der Waals surface area (Å²) >= 11 is 0. The number of carbonyl (C=O) groups is 1. The summed E-state index contributed by atoms with van der Waals surface area (Å²) in [5.41, 5.74) is 0.699. The third-order valence-electron chi connectivity index (χ3n) is 3.24. The summed E-state index contributed by atoms with van der Waals surface area (Å²) in [6.45, 7) is 0.325. The van der Waals surface area contributed by atoms with Gasteiger partial charge in [-0.15, -0.1) is 0 Å². The highest BCUT2D eigenvalue weighted by molar-refractivity contribution is 5.91. The zero-order valence-corrected chi connectivity index (χ0v) is 12.7. The molecule has 0 unspecified atom stereocenters. The van der Waals surface area contributed by atoms with E-state index in [0.29, 0.717) is 12.3 Å². The van der Waals surface area contributed by atoms with Gasteiger partial charge < -0.3 is 10.1 Å². The number of benzene rings is 2. The Labute approximate surface area is 138 Å². The van der Waals surface area contributed by atoms with Crippen LogP contribution < -0.4 is 15.6 Å². The zero-order chi connectivity index (χ0) is 16.8. The van der Waals surface area contributed by atoms with Gasteiger partial charge in [0.25, 0.3) is 11.5 Å². The third-order valence-corrected chi connectivity index (χ3v) is 3.24. The maximum atomic E-state index is 12.0. The maximum Gasteiger partial charge on any atom is 0.271 e. The first-order valence-corrected chi connectivity index (χ1v) is 7.36. The fourth-order valence-corrected chi connectivity index (χ4v) is 2.09. The summed E-state index contributed by atoms with van der Waals surface area (Å²) in [4.78, 5) is 22.9. The molecule has 0 spiro atoms. The van der Waals surface area contributed by atoms with Gasteiger partial charge in [-0.05, 0) is 35.9 Å². The number of rotatable bonds is 5. The van der Waals surface area contributed by atoms with Crippen molar-refractivity contribution in [3.63, 3.8) is 0 Å². The van der Waals surface area contributed by atoms with Crippen LogP contribution in [0.5, 0.6) is 11.5 Å². The zero-order valence-electron chi connectivity index (χ0n) is 12.7. The summed E-state index contributed by atoms with van der Waals surface area (Å²) in [6.07, 6.45) is 0. The van der Waals surface area contributed by atoms with Crippen molar-refractivity contribution in [2.45, 2.75) is 6.54 Å². The third kappa shape index (κ3) is 4.07. The highest BCUT2D eigenvalue weighted by Gasteiger charge is 2.07. The molecule has 0 saturated heterocycles. The molecule has 0 atom stereocenters. The molecule has 0 aliphatic rings. The second-order valence-corrected chi connectivity index (χ2v) is 5.05. The fourth-order valence-electron chi connectivity index (χ4n) is 2.09. The van der Waals surface area contributed by atoms with Gasteiger partial charge in [-0.2, -0.15) is 5.10 Å². The number of para-hydroxylation sites is 1. The van der Waals surface area contributed by atoms with E-state index in [4.69, 9.17) is 4.74 Å². The lowest BCUT2D eigenvalue weighted by molar-refractivity contribution is 0.0944. The Kier molecular flexibility index (Phi) is 4.67. The molecule has 6 nitrogen and oxygen atoms in total. The number of carbonyl (C=O) groups excluding carboxylic acids is 1. The Morgan fingerprint density at radius 3 is 2.54 bits per heavy atom. The van der Waals surface area contributed by atoms with Gasteiger partial charge in [-0.3, -0.25) is 9.59 Å². The Balaban J connectivity index is 1.63. The van der Waals surface area contributed by atoms with Crippen molar-refractivity contribution in [3.8, 4) is 11.5 Å². The highest BCUT2D eigenvalue weighted by atomic mass is 16.5. The minimum atomic E-state index is -0.361. The lowest BCUT2D eigenvalue weighted by atomic mass is 10.2. The molecular weight excluding hydrogens is 306 g/mol. The Hall–Kier alpha value is -3.41. The van der Waals surface area contributed by atoms with Crippen molar-refractivity contribution in [2.75, 3.05) is 0 Å². The number of nitrogens with zero attached hydrogens (tertiary/aromatic N) is 1. The summed E-state index contributed by atoms with van der Waals surface area (Å²) in [5.74, 6) is 1.08. The van der Waals surface area contributed by atoms with E-state index in [0.717, 1.165) is 11.3 Å². The molecule has 1 heterocycles. The van der Waals surface area contributed by atoms with Crippen LogP contribution in [0.15, 0.2) is 71.5 Å². The van der Waals surface area contributed by atoms with E-state index in [1.54, 1.807) is 0 Å². The summed E-state index contributed by atoms with van der Waals surface area (Å²) in [5, 5.41) is 8.67. The second kappa shape index (κ2) is 7.23. The van der Waals surface area contributed by atoms with Crippen LogP contribution in [0.25, 0.3) is 0 Å². The maximum absolute atomic E-state index is 12.0. The molecule has 2 N–H and O–H groups in total. The van der Waals surface area contributed by atoms with Crippen molar-refractivity contribution < 1.29 is 9.53 Å². The topological polar surface area (TPSA) is 84.1 Å². The minimum absolute atomic E-state index is 0.159. The first-order valence-electron chi connectivity index (χ1n) is 7.36. The Morgan fingerprint density at radius 1 is 1.00 bits per heavy atom. The van der Waals surface area contributed by atoms with Crippen LogP contribution in [0, 0.1) is 0 Å². The van der Waals surface area contributed by atoms with Crippen molar-refractivity contribution in [1.82, 2.24) is 15.5 Å². The lowest BCUT2D eigenvalue weighted by Gasteiger charge is -2.08. The number of ether oxygens (including phenoxy) is 1. The van der Waals surface area contributed by atoms with Crippen LogP contribution in [0.4, 0.5) is 0 Å². The van der Waals surface area contributed by atoms with E-state index in [2.05, 4.69) is 15.5 Å². The largest absolute Gasteiger partial charge is 0.457 e. The molecule has 0 saturated carbocycles. The standard InChI is InChI=1S/C18H15N3O3/c22-17-10-9-16(20-21-17)18(23)19-12-13-5-4-8-15(11-13)24-14-6-2-1-3-7-14/h1-11H,12H2,(H,19,23)(H,21,22).